The average molecular weight is 403 g/mol. The fourth-order valence-electron chi connectivity index (χ4n) is 5.14. The van der Waals surface area contributed by atoms with Gasteiger partial charge in [0.05, 0.1) is 0 Å². The van der Waals surface area contributed by atoms with E-state index in [0.717, 1.165) is 36.9 Å². The van der Waals surface area contributed by atoms with Crippen molar-refractivity contribution in [2.45, 2.75) is 31.2 Å². The summed E-state index contributed by atoms with van der Waals surface area (Å²) in [5.74, 6) is 0.211. The van der Waals surface area contributed by atoms with Gasteiger partial charge in [-0.25, -0.2) is 4.79 Å². The number of halogens is 2. The van der Waals surface area contributed by atoms with Crippen molar-refractivity contribution in [1.29, 1.82) is 0 Å². The molecule has 2 atom stereocenters. The third-order valence-electron chi connectivity index (χ3n) is 6.25. The van der Waals surface area contributed by atoms with Gasteiger partial charge in [0.1, 0.15) is 0 Å². The lowest BCUT2D eigenvalue weighted by Crippen LogP contribution is -2.48. The molecular formula is C21H20Cl2N2O2. The lowest BCUT2D eigenvalue weighted by atomic mass is 9.87. The van der Waals surface area contributed by atoms with Crippen LogP contribution in [0.4, 0.5) is 10.5 Å². The molecule has 27 heavy (non-hydrogen) atoms. The van der Waals surface area contributed by atoms with Crippen LogP contribution in [0.3, 0.4) is 0 Å². The van der Waals surface area contributed by atoms with E-state index in [9.17, 15) is 9.90 Å². The second kappa shape index (κ2) is 6.32. The molecule has 4 nitrogen and oxygen atoms in total. The van der Waals surface area contributed by atoms with Gasteiger partial charge in [0, 0.05) is 52.9 Å². The van der Waals surface area contributed by atoms with Crippen LogP contribution in [0.1, 0.15) is 29.9 Å². The lowest BCUT2D eigenvalue weighted by molar-refractivity contribution is 0.127. The number of anilines is 1. The summed E-state index contributed by atoms with van der Waals surface area (Å²) in [6, 6.07) is 10.4. The molecule has 0 radical (unpaired) electrons. The minimum atomic E-state index is -0.825. The first-order chi connectivity index (χ1) is 13.0. The molecule has 5 rings (SSSR count). The first kappa shape index (κ1) is 17.2. The number of nitrogens with zero attached hydrogens (tertiary/aromatic N) is 2. The molecule has 0 unspecified atom stereocenters. The predicted octanol–water partition coefficient (Wildman–Crippen LogP) is 5.26. The Bertz CT molecular complexity index is 926. The molecule has 0 bridgehead atoms. The van der Waals surface area contributed by atoms with Crippen LogP contribution in [-0.4, -0.2) is 41.8 Å². The summed E-state index contributed by atoms with van der Waals surface area (Å²) in [7, 11) is 0. The zero-order valence-electron chi connectivity index (χ0n) is 14.8. The van der Waals surface area contributed by atoms with E-state index >= 15 is 0 Å². The van der Waals surface area contributed by atoms with Gasteiger partial charge >= 0.3 is 6.09 Å². The molecule has 140 valence electrons. The number of hydrogen-bond acceptors (Lipinski definition) is 2. The first-order valence-electron chi connectivity index (χ1n) is 9.40. The Morgan fingerprint density at radius 1 is 1.15 bits per heavy atom. The molecule has 0 spiro atoms. The zero-order chi connectivity index (χ0) is 18.7. The normalized spacial score (nSPS) is 23.2. The number of carbonyl (C=O) groups is 1. The van der Waals surface area contributed by atoms with Gasteiger partial charge in [-0.1, -0.05) is 29.3 Å². The van der Waals surface area contributed by atoms with Crippen LogP contribution < -0.4 is 4.90 Å². The summed E-state index contributed by atoms with van der Waals surface area (Å²) >= 11 is 12.9. The van der Waals surface area contributed by atoms with E-state index in [-0.39, 0.29) is 5.92 Å². The van der Waals surface area contributed by atoms with Crippen molar-refractivity contribution in [3.05, 3.63) is 51.5 Å². The van der Waals surface area contributed by atoms with Crippen molar-refractivity contribution >= 4 is 35.0 Å². The van der Waals surface area contributed by atoms with Gasteiger partial charge in [-0.05, 0) is 60.2 Å². The number of carboxylic acid groups (broad SMARTS) is 1. The Balaban J connectivity index is 1.66. The molecule has 6 heteroatoms. The first-order valence-corrected chi connectivity index (χ1v) is 10.2. The Morgan fingerprint density at radius 3 is 2.67 bits per heavy atom. The van der Waals surface area contributed by atoms with Gasteiger partial charge in [0.25, 0.3) is 0 Å². The van der Waals surface area contributed by atoms with Crippen LogP contribution in [0, 0.1) is 0 Å². The number of fused-ring (bicyclic) bond motifs is 3. The molecule has 1 saturated heterocycles. The van der Waals surface area contributed by atoms with Crippen molar-refractivity contribution in [2.24, 2.45) is 0 Å². The van der Waals surface area contributed by atoms with E-state index in [4.69, 9.17) is 23.2 Å². The molecule has 0 saturated carbocycles. The van der Waals surface area contributed by atoms with Crippen molar-refractivity contribution < 1.29 is 9.90 Å². The SMILES string of the molecule is O=C(O)N1CC[C@H]2[C@@H](C1)c1cc(-c3c(Cl)cccc3Cl)cc3c1N2CCC3. The highest BCUT2D eigenvalue weighted by atomic mass is 35.5. The monoisotopic (exact) mass is 402 g/mol. The highest BCUT2D eigenvalue weighted by Crippen LogP contribution is 2.50. The van der Waals surface area contributed by atoms with Gasteiger partial charge < -0.3 is 14.9 Å². The fourth-order valence-corrected chi connectivity index (χ4v) is 5.75. The molecule has 3 aliphatic heterocycles. The van der Waals surface area contributed by atoms with E-state index in [1.165, 1.54) is 16.8 Å². The summed E-state index contributed by atoms with van der Waals surface area (Å²) in [5, 5.41) is 10.8. The van der Waals surface area contributed by atoms with Crippen LogP contribution in [0.5, 0.6) is 0 Å². The Morgan fingerprint density at radius 2 is 1.93 bits per heavy atom. The maximum absolute atomic E-state index is 11.5. The summed E-state index contributed by atoms with van der Waals surface area (Å²) < 4.78 is 0. The Labute approximate surface area is 168 Å². The van der Waals surface area contributed by atoms with Crippen molar-refractivity contribution in [3.8, 4) is 11.1 Å². The third kappa shape index (κ3) is 2.61. The van der Waals surface area contributed by atoms with Gasteiger partial charge in [-0.2, -0.15) is 0 Å². The number of likely N-dealkylation sites (tertiary alicyclic amines) is 1. The number of rotatable bonds is 1. The zero-order valence-corrected chi connectivity index (χ0v) is 16.3. The maximum atomic E-state index is 11.5. The minimum absolute atomic E-state index is 0.211. The highest BCUT2D eigenvalue weighted by Gasteiger charge is 2.45. The van der Waals surface area contributed by atoms with Gasteiger partial charge in [-0.3, -0.25) is 0 Å². The van der Waals surface area contributed by atoms with E-state index in [1.54, 1.807) is 4.90 Å². The molecule has 1 amide bonds. The Kier molecular flexibility index (Phi) is 4.03. The number of hydrogen-bond donors (Lipinski definition) is 1. The van der Waals surface area contributed by atoms with Gasteiger partial charge in [-0.15, -0.1) is 0 Å². The second-order valence-corrected chi connectivity index (χ2v) is 8.47. The van der Waals surface area contributed by atoms with Gasteiger partial charge in [0.2, 0.25) is 0 Å². The van der Waals surface area contributed by atoms with Crippen LogP contribution >= 0.6 is 23.2 Å². The lowest BCUT2D eigenvalue weighted by Gasteiger charge is -2.39. The molecule has 2 aromatic rings. The van der Waals surface area contributed by atoms with Crippen molar-refractivity contribution in [3.63, 3.8) is 0 Å². The smallest absolute Gasteiger partial charge is 0.407 e. The summed E-state index contributed by atoms with van der Waals surface area (Å²) in [6.07, 6.45) is 2.22. The summed E-state index contributed by atoms with van der Waals surface area (Å²) in [5.41, 5.74) is 5.83. The molecule has 3 aliphatic rings. The number of benzene rings is 2. The quantitative estimate of drug-likeness (QED) is 0.706. The minimum Gasteiger partial charge on any atom is -0.465 e. The molecular weight excluding hydrogens is 383 g/mol. The topological polar surface area (TPSA) is 43.8 Å². The molecule has 0 aromatic heterocycles. The summed E-state index contributed by atoms with van der Waals surface area (Å²) in [6.45, 7) is 2.22. The van der Waals surface area contributed by atoms with Crippen molar-refractivity contribution in [1.82, 2.24) is 4.90 Å². The molecule has 3 heterocycles. The average Bonchev–Trinajstić information content (AvgIpc) is 2.97. The second-order valence-electron chi connectivity index (χ2n) is 7.66. The van der Waals surface area contributed by atoms with Crippen LogP contribution in [0.25, 0.3) is 11.1 Å². The predicted molar refractivity (Wildman–Crippen MR) is 108 cm³/mol. The maximum Gasteiger partial charge on any atom is 0.407 e. The summed E-state index contributed by atoms with van der Waals surface area (Å²) in [4.78, 5) is 15.6. The van der Waals surface area contributed by atoms with Crippen molar-refractivity contribution in [2.75, 3.05) is 24.5 Å². The molecule has 1 N–H and O–H groups in total. The largest absolute Gasteiger partial charge is 0.465 e. The highest BCUT2D eigenvalue weighted by molar-refractivity contribution is 6.39. The molecule has 0 aliphatic carbocycles. The van der Waals surface area contributed by atoms with Crippen LogP contribution in [0.15, 0.2) is 30.3 Å². The number of amides is 1. The third-order valence-corrected chi connectivity index (χ3v) is 6.88. The molecule has 1 fully saturated rings. The van der Waals surface area contributed by atoms with Crippen LogP contribution in [0.2, 0.25) is 10.0 Å². The molecule has 2 aromatic carbocycles. The Hall–Kier alpha value is -1.91. The van der Waals surface area contributed by atoms with E-state index in [0.29, 0.717) is 29.2 Å². The van der Waals surface area contributed by atoms with E-state index < -0.39 is 6.09 Å². The van der Waals surface area contributed by atoms with E-state index in [2.05, 4.69) is 17.0 Å². The van der Waals surface area contributed by atoms with Crippen LogP contribution in [-0.2, 0) is 6.42 Å². The van der Waals surface area contributed by atoms with E-state index in [1.807, 2.05) is 18.2 Å². The number of piperidine rings is 1. The fraction of sp³-hybridized carbons (Fsp3) is 0.381. The van der Waals surface area contributed by atoms with Gasteiger partial charge in [0.15, 0.2) is 0 Å². The standard InChI is InChI=1S/C21H20Cl2N2O2/c22-16-4-1-5-17(23)19(16)13-9-12-3-2-7-25-18-6-8-24(21(26)27)11-15(18)14(10-13)20(12)25/h1,4-5,9-10,15,18H,2-3,6-8,11H2,(H,26,27)/t15-,18-/m0/s1. The number of aryl methyl sites for hydroxylation is 1.